The van der Waals surface area contributed by atoms with E-state index in [9.17, 15) is 4.79 Å². The maximum atomic E-state index is 12.1. The van der Waals surface area contributed by atoms with Gasteiger partial charge in [0.05, 0.1) is 19.8 Å². The molecule has 94 valence electrons. The summed E-state index contributed by atoms with van der Waals surface area (Å²) in [7, 11) is 0. The van der Waals surface area contributed by atoms with E-state index in [4.69, 9.17) is 9.15 Å². The van der Waals surface area contributed by atoms with Gasteiger partial charge >= 0.3 is 0 Å². The quantitative estimate of drug-likeness (QED) is 0.775. The van der Waals surface area contributed by atoms with E-state index in [1.807, 2.05) is 30.3 Å². The highest BCUT2D eigenvalue weighted by molar-refractivity contribution is 5.98. The minimum absolute atomic E-state index is 0.0353. The Labute approximate surface area is 105 Å². The molecule has 0 bridgehead atoms. The number of hydrogen-bond acceptors (Lipinski definition) is 4. The van der Waals surface area contributed by atoms with Crippen molar-refractivity contribution in [2.75, 3.05) is 32.8 Å². The Bertz CT molecular complexity index is 522. The van der Waals surface area contributed by atoms with Crippen LogP contribution < -0.4 is 0 Å². The van der Waals surface area contributed by atoms with Crippen molar-refractivity contribution in [3.63, 3.8) is 0 Å². The highest BCUT2D eigenvalue weighted by Crippen LogP contribution is 2.19. The molecule has 1 aliphatic rings. The van der Waals surface area contributed by atoms with Crippen LogP contribution >= 0.6 is 0 Å². The third kappa shape index (κ3) is 2.30. The van der Waals surface area contributed by atoms with Crippen molar-refractivity contribution in [1.29, 1.82) is 0 Å². The maximum absolute atomic E-state index is 12.1. The molecular weight excluding hydrogens is 230 g/mol. The molecule has 1 saturated heterocycles. The van der Waals surface area contributed by atoms with Gasteiger partial charge in [0.25, 0.3) is 0 Å². The van der Waals surface area contributed by atoms with Crippen molar-refractivity contribution in [3.05, 3.63) is 36.1 Å². The number of rotatable bonds is 3. The minimum Gasteiger partial charge on any atom is -0.453 e. The van der Waals surface area contributed by atoms with Crippen molar-refractivity contribution in [3.8, 4) is 0 Å². The standard InChI is InChI=1S/C14H15NO3/c16-12(10-15-5-7-17-8-6-15)14-9-11-3-1-2-4-13(11)18-14/h1-4,9H,5-8,10H2. The summed E-state index contributed by atoms with van der Waals surface area (Å²) in [6.07, 6.45) is 0. The largest absolute Gasteiger partial charge is 0.453 e. The lowest BCUT2D eigenvalue weighted by atomic mass is 10.2. The molecule has 4 nitrogen and oxygen atoms in total. The van der Waals surface area contributed by atoms with E-state index in [2.05, 4.69) is 4.90 Å². The Hall–Kier alpha value is -1.65. The van der Waals surface area contributed by atoms with Gasteiger partial charge in [-0.05, 0) is 12.1 Å². The zero-order chi connectivity index (χ0) is 12.4. The lowest BCUT2D eigenvalue weighted by Gasteiger charge is -2.25. The Kier molecular flexibility index (Phi) is 3.13. The molecular formula is C14H15NO3. The molecule has 1 aromatic heterocycles. The van der Waals surface area contributed by atoms with Gasteiger partial charge in [0, 0.05) is 18.5 Å². The molecule has 0 atom stereocenters. The fraction of sp³-hybridized carbons (Fsp3) is 0.357. The van der Waals surface area contributed by atoms with Crippen LogP contribution in [0.25, 0.3) is 11.0 Å². The number of hydrogen-bond donors (Lipinski definition) is 0. The molecule has 2 heterocycles. The molecule has 0 aliphatic carbocycles. The van der Waals surface area contributed by atoms with E-state index in [1.54, 1.807) is 0 Å². The molecule has 2 aromatic rings. The summed E-state index contributed by atoms with van der Waals surface area (Å²) in [4.78, 5) is 14.2. The molecule has 0 radical (unpaired) electrons. The summed E-state index contributed by atoms with van der Waals surface area (Å²) in [5.41, 5.74) is 0.767. The topological polar surface area (TPSA) is 42.7 Å². The summed E-state index contributed by atoms with van der Waals surface area (Å²) in [6.45, 7) is 3.43. The number of fused-ring (bicyclic) bond motifs is 1. The third-order valence-electron chi connectivity index (χ3n) is 3.17. The van der Waals surface area contributed by atoms with Gasteiger partial charge in [0.1, 0.15) is 5.58 Å². The summed E-state index contributed by atoms with van der Waals surface area (Å²) in [6, 6.07) is 9.49. The van der Waals surface area contributed by atoms with Crippen LogP contribution in [0.1, 0.15) is 10.6 Å². The number of furan rings is 1. The molecule has 0 spiro atoms. The predicted octanol–water partition coefficient (Wildman–Crippen LogP) is 1.95. The Morgan fingerprint density at radius 1 is 1.22 bits per heavy atom. The van der Waals surface area contributed by atoms with Crippen molar-refractivity contribution in [1.82, 2.24) is 4.90 Å². The zero-order valence-electron chi connectivity index (χ0n) is 10.1. The number of nitrogens with zero attached hydrogens (tertiary/aromatic N) is 1. The number of carbonyl (C=O) groups is 1. The van der Waals surface area contributed by atoms with Crippen LogP contribution in [0.5, 0.6) is 0 Å². The second-order valence-corrected chi connectivity index (χ2v) is 4.46. The number of Topliss-reactive ketones (excluding diaryl/α,β-unsaturated/α-hetero) is 1. The van der Waals surface area contributed by atoms with Gasteiger partial charge in [-0.25, -0.2) is 0 Å². The van der Waals surface area contributed by atoms with Crippen molar-refractivity contribution < 1.29 is 13.9 Å². The van der Waals surface area contributed by atoms with Crippen molar-refractivity contribution >= 4 is 16.8 Å². The van der Waals surface area contributed by atoms with Crippen LogP contribution in [0.3, 0.4) is 0 Å². The van der Waals surface area contributed by atoms with E-state index in [1.165, 1.54) is 0 Å². The van der Waals surface area contributed by atoms with Crippen LogP contribution in [0.4, 0.5) is 0 Å². The third-order valence-corrected chi connectivity index (χ3v) is 3.17. The number of ether oxygens (including phenoxy) is 1. The van der Waals surface area contributed by atoms with Gasteiger partial charge in [0.2, 0.25) is 5.78 Å². The van der Waals surface area contributed by atoms with Crippen molar-refractivity contribution in [2.45, 2.75) is 0 Å². The Balaban J connectivity index is 1.74. The van der Waals surface area contributed by atoms with Crippen LogP contribution in [0, 0.1) is 0 Å². The summed E-state index contributed by atoms with van der Waals surface area (Å²) < 4.78 is 10.8. The number of ketones is 1. The van der Waals surface area contributed by atoms with Gasteiger partial charge < -0.3 is 9.15 Å². The van der Waals surface area contributed by atoms with Gasteiger partial charge in [-0.2, -0.15) is 0 Å². The first kappa shape index (κ1) is 11.4. The smallest absolute Gasteiger partial charge is 0.211 e. The molecule has 0 unspecified atom stereocenters. The minimum atomic E-state index is 0.0353. The van der Waals surface area contributed by atoms with Crippen LogP contribution in [-0.4, -0.2) is 43.5 Å². The fourth-order valence-corrected chi connectivity index (χ4v) is 2.16. The van der Waals surface area contributed by atoms with Gasteiger partial charge in [-0.15, -0.1) is 0 Å². The molecule has 4 heteroatoms. The lowest BCUT2D eigenvalue weighted by Crippen LogP contribution is -2.39. The molecule has 1 fully saturated rings. The monoisotopic (exact) mass is 245 g/mol. The molecule has 1 aliphatic heterocycles. The molecule has 18 heavy (non-hydrogen) atoms. The SMILES string of the molecule is O=C(CN1CCOCC1)c1cc2ccccc2o1. The van der Waals surface area contributed by atoms with E-state index < -0.39 is 0 Å². The number of benzene rings is 1. The van der Waals surface area contributed by atoms with E-state index >= 15 is 0 Å². The second kappa shape index (κ2) is 4.92. The Morgan fingerprint density at radius 2 is 2.00 bits per heavy atom. The van der Waals surface area contributed by atoms with Gasteiger partial charge in [0.15, 0.2) is 5.76 Å². The molecule has 1 aromatic carbocycles. The average molecular weight is 245 g/mol. The molecule has 0 N–H and O–H groups in total. The number of morpholine rings is 1. The first-order chi connectivity index (χ1) is 8.83. The highest BCUT2D eigenvalue weighted by Gasteiger charge is 2.18. The summed E-state index contributed by atoms with van der Waals surface area (Å²) in [5.74, 6) is 0.482. The number of carbonyl (C=O) groups excluding carboxylic acids is 1. The maximum Gasteiger partial charge on any atom is 0.211 e. The predicted molar refractivity (Wildman–Crippen MR) is 67.8 cm³/mol. The van der Waals surface area contributed by atoms with Gasteiger partial charge in [-0.1, -0.05) is 18.2 Å². The zero-order valence-corrected chi connectivity index (χ0v) is 10.1. The van der Waals surface area contributed by atoms with Crippen molar-refractivity contribution in [2.24, 2.45) is 0 Å². The van der Waals surface area contributed by atoms with E-state index in [-0.39, 0.29) is 5.78 Å². The lowest BCUT2D eigenvalue weighted by molar-refractivity contribution is 0.0365. The fourth-order valence-electron chi connectivity index (χ4n) is 2.16. The average Bonchev–Trinajstić information content (AvgIpc) is 2.84. The Morgan fingerprint density at radius 3 is 2.78 bits per heavy atom. The van der Waals surface area contributed by atoms with E-state index in [0.717, 1.165) is 24.1 Å². The van der Waals surface area contributed by atoms with E-state index in [0.29, 0.717) is 25.5 Å². The van der Waals surface area contributed by atoms with Crippen LogP contribution in [0.2, 0.25) is 0 Å². The van der Waals surface area contributed by atoms with Gasteiger partial charge in [-0.3, -0.25) is 9.69 Å². The highest BCUT2D eigenvalue weighted by atomic mass is 16.5. The van der Waals surface area contributed by atoms with Crippen LogP contribution in [-0.2, 0) is 4.74 Å². The first-order valence-electron chi connectivity index (χ1n) is 6.15. The molecule has 0 saturated carbocycles. The summed E-state index contributed by atoms with van der Waals surface area (Å²) >= 11 is 0. The first-order valence-corrected chi connectivity index (χ1v) is 6.15. The normalized spacial score (nSPS) is 17.1. The van der Waals surface area contributed by atoms with Crippen LogP contribution in [0.15, 0.2) is 34.7 Å². The number of para-hydroxylation sites is 1. The molecule has 3 rings (SSSR count). The summed E-state index contributed by atoms with van der Waals surface area (Å²) in [5, 5.41) is 0.975. The molecule has 0 amide bonds. The second-order valence-electron chi connectivity index (χ2n) is 4.46.